The van der Waals surface area contributed by atoms with Crippen molar-refractivity contribution in [1.82, 2.24) is 25.0 Å². The zero-order valence-electron chi connectivity index (χ0n) is 11.8. The highest BCUT2D eigenvalue weighted by molar-refractivity contribution is 4.88. The Morgan fingerprint density at radius 2 is 2.33 bits per heavy atom. The predicted molar refractivity (Wildman–Crippen MR) is 72.2 cm³/mol. The van der Waals surface area contributed by atoms with Crippen LogP contribution in [-0.2, 0) is 13.1 Å². The lowest BCUT2D eigenvalue weighted by molar-refractivity contribution is 0.163. The van der Waals surface area contributed by atoms with E-state index in [0.717, 1.165) is 45.0 Å². The standard InChI is InChI=1S/C13H25N5/c1-4-6-18-13(15-10-16-18)9-17-7-5-14-12(8-17)11(2)3/h10-12,14H,4-9H2,1-3H3. The van der Waals surface area contributed by atoms with E-state index in [1.165, 1.54) is 0 Å². The quantitative estimate of drug-likeness (QED) is 0.852. The molecule has 0 amide bonds. The van der Waals surface area contributed by atoms with Crippen molar-refractivity contribution in [2.75, 3.05) is 19.6 Å². The van der Waals surface area contributed by atoms with Crippen LogP contribution in [0.25, 0.3) is 0 Å². The summed E-state index contributed by atoms with van der Waals surface area (Å²) in [5.74, 6) is 1.78. The smallest absolute Gasteiger partial charge is 0.141 e. The van der Waals surface area contributed by atoms with E-state index in [9.17, 15) is 0 Å². The summed E-state index contributed by atoms with van der Waals surface area (Å²) >= 11 is 0. The summed E-state index contributed by atoms with van der Waals surface area (Å²) < 4.78 is 2.03. The highest BCUT2D eigenvalue weighted by atomic mass is 15.4. The number of nitrogens with one attached hydrogen (secondary N) is 1. The first-order valence-corrected chi connectivity index (χ1v) is 7.03. The molecular weight excluding hydrogens is 226 g/mol. The zero-order valence-corrected chi connectivity index (χ0v) is 11.8. The second-order valence-electron chi connectivity index (χ2n) is 5.44. The van der Waals surface area contributed by atoms with Gasteiger partial charge in [-0.3, -0.25) is 4.90 Å². The van der Waals surface area contributed by atoms with Crippen molar-refractivity contribution in [3.8, 4) is 0 Å². The van der Waals surface area contributed by atoms with Gasteiger partial charge in [0.05, 0.1) is 6.54 Å². The lowest BCUT2D eigenvalue weighted by Crippen LogP contribution is -2.52. The molecule has 1 aromatic heterocycles. The molecular formula is C13H25N5. The monoisotopic (exact) mass is 251 g/mol. The second-order valence-corrected chi connectivity index (χ2v) is 5.44. The summed E-state index contributed by atoms with van der Waals surface area (Å²) in [4.78, 5) is 6.87. The third-order valence-electron chi connectivity index (χ3n) is 3.59. The Morgan fingerprint density at radius 1 is 1.50 bits per heavy atom. The molecule has 102 valence electrons. The van der Waals surface area contributed by atoms with E-state index < -0.39 is 0 Å². The first-order valence-electron chi connectivity index (χ1n) is 7.03. The molecule has 2 heterocycles. The maximum absolute atomic E-state index is 4.39. The van der Waals surface area contributed by atoms with Crippen LogP contribution in [0.2, 0.25) is 0 Å². The van der Waals surface area contributed by atoms with E-state index >= 15 is 0 Å². The molecule has 5 heteroatoms. The first kappa shape index (κ1) is 13.5. The lowest BCUT2D eigenvalue weighted by Gasteiger charge is -2.35. The van der Waals surface area contributed by atoms with Gasteiger partial charge in [0.1, 0.15) is 12.2 Å². The van der Waals surface area contributed by atoms with E-state index in [2.05, 4.69) is 41.1 Å². The summed E-state index contributed by atoms with van der Waals surface area (Å²) in [7, 11) is 0. The lowest BCUT2D eigenvalue weighted by atomic mass is 10.0. The number of piperazine rings is 1. The van der Waals surface area contributed by atoms with Crippen LogP contribution >= 0.6 is 0 Å². The molecule has 18 heavy (non-hydrogen) atoms. The largest absolute Gasteiger partial charge is 0.311 e. The van der Waals surface area contributed by atoms with Crippen LogP contribution in [0.4, 0.5) is 0 Å². The van der Waals surface area contributed by atoms with Crippen molar-refractivity contribution >= 4 is 0 Å². The molecule has 0 spiro atoms. The normalized spacial score (nSPS) is 21.7. The third-order valence-corrected chi connectivity index (χ3v) is 3.59. The predicted octanol–water partition coefficient (Wildman–Crippen LogP) is 1.12. The summed E-state index contributed by atoms with van der Waals surface area (Å²) in [6, 6.07) is 0.598. The zero-order chi connectivity index (χ0) is 13.0. The molecule has 0 aliphatic carbocycles. The number of aryl methyl sites for hydroxylation is 1. The van der Waals surface area contributed by atoms with Crippen molar-refractivity contribution in [2.24, 2.45) is 5.92 Å². The van der Waals surface area contributed by atoms with Gasteiger partial charge in [-0.05, 0) is 12.3 Å². The van der Waals surface area contributed by atoms with Gasteiger partial charge in [-0.1, -0.05) is 20.8 Å². The SMILES string of the molecule is CCCn1ncnc1CN1CCNC(C(C)C)C1. The Balaban J connectivity index is 1.94. The molecule has 0 bridgehead atoms. The van der Waals surface area contributed by atoms with E-state index in [1.54, 1.807) is 6.33 Å². The molecule has 0 radical (unpaired) electrons. The van der Waals surface area contributed by atoms with Gasteiger partial charge < -0.3 is 5.32 Å². The van der Waals surface area contributed by atoms with Crippen LogP contribution < -0.4 is 5.32 Å². The fourth-order valence-corrected chi connectivity index (χ4v) is 2.44. The van der Waals surface area contributed by atoms with E-state index in [-0.39, 0.29) is 0 Å². The van der Waals surface area contributed by atoms with Crippen LogP contribution in [0.15, 0.2) is 6.33 Å². The van der Waals surface area contributed by atoms with Crippen molar-refractivity contribution in [3.05, 3.63) is 12.2 Å². The van der Waals surface area contributed by atoms with Crippen molar-refractivity contribution in [2.45, 2.75) is 46.3 Å². The fourth-order valence-electron chi connectivity index (χ4n) is 2.44. The molecule has 2 rings (SSSR count). The van der Waals surface area contributed by atoms with Gasteiger partial charge in [0, 0.05) is 32.2 Å². The molecule has 0 aromatic carbocycles. The van der Waals surface area contributed by atoms with Gasteiger partial charge in [0.15, 0.2) is 0 Å². The van der Waals surface area contributed by atoms with Crippen molar-refractivity contribution in [3.63, 3.8) is 0 Å². The van der Waals surface area contributed by atoms with E-state index in [4.69, 9.17) is 0 Å². The summed E-state index contributed by atoms with van der Waals surface area (Å²) in [5.41, 5.74) is 0. The maximum Gasteiger partial charge on any atom is 0.141 e. The molecule has 1 N–H and O–H groups in total. The number of nitrogens with zero attached hydrogens (tertiary/aromatic N) is 4. The molecule has 1 aromatic rings. The van der Waals surface area contributed by atoms with Gasteiger partial charge in [0.2, 0.25) is 0 Å². The topological polar surface area (TPSA) is 46.0 Å². The number of hydrogen-bond acceptors (Lipinski definition) is 4. The maximum atomic E-state index is 4.39. The van der Waals surface area contributed by atoms with Crippen molar-refractivity contribution in [1.29, 1.82) is 0 Å². The first-order chi connectivity index (χ1) is 8.70. The molecule has 1 atom stereocenters. The summed E-state index contributed by atoms with van der Waals surface area (Å²) in [6.45, 7) is 11.9. The van der Waals surface area contributed by atoms with Gasteiger partial charge in [0.25, 0.3) is 0 Å². The molecule has 1 aliphatic rings. The second kappa shape index (κ2) is 6.29. The molecule has 1 aliphatic heterocycles. The summed E-state index contributed by atoms with van der Waals surface area (Å²) in [6.07, 6.45) is 2.78. The molecule has 0 saturated carbocycles. The van der Waals surface area contributed by atoms with Crippen molar-refractivity contribution < 1.29 is 0 Å². The minimum Gasteiger partial charge on any atom is -0.311 e. The number of aromatic nitrogens is 3. The Bertz CT molecular complexity index is 360. The number of rotatable bonds is 5. The summed E-state index contributed by atoms with van der Waals surface area (Å²) in [5, 5.41) is 7.87. The van der Waals surface area contributed by atoms with E-state index in [1.807, 2.05) is 4.68 Å². The number of hydrogen-bond donors (Lipinski definition) is 1. The average molecular weight is 251 g/mol. The fraction of sp³-hybridized carbons (Fsp3) is 0.846. The molecule has 5 nitrogen and oxygen atoms in total. The van der Waals surface area contributed by atoms with Crippen LogP contribution in [0.3, 0.4) is 0 Å². The van der Waals surface area contributed by atoms with Crippen LogP contribution in [-0.4, -0.2) is 45.3 Å². The average Bonchev–Trinajstić information content (AvgIpc) is 2.77. The van der Waals surface area contributed by atoms with Gasteiger partial charge in [-0.15, -0.1) is 0 Å². The Labute approximate surface area is 110 Å². The van der Waals surface area contributed by atoms with Crippen LogP contribution in [0, 0.1) is 5.92 Å². The van der Waals surface area contributed by atoms with Crippen LogP contribution in [0.5, 0.6) is 0 Å². The Kier molecular flexibility index (Phi) is 4.72. The van der Waals surface area contributed by atoms with Gasteiger partial charge >= 0.3 is 0 Å². The Morgan fingerprint density at radius 3 is 3.06 bits per heavy atom. The third kappa shape index (κ3) is 3.29. The van der Waals surface area contributed by atoms with Gasteiger partial charge in [-0.25, -0.2) is 9.67 Å². The van der Waals surface area contributed by atoms with Gasteiger partial charge in [-0.2, -0.15) is 5.10 Å². The highest BCUT2D eigenvalue weighted by Crippen LogP contribution is 2.10. The highest BCUT2D eigenvalue weighted by Gasteiger charge is 2.22. The van der Waals surface area contributed by atoms with E-state index in [0.29, 0.717) is 12.0 Å². The Hall–Kier alpha value is -0.940. The van der Waals surface area contributed by atoms with Crippen LogP contribution in [0.1, 0.15) is 33.0 Å². The molecule has 1 fully saturated rings. The molecule has 1 saturated heterocycles. The minimum absolute atomic E-state index is 0.598. The minimum atomic E-state index is 0.598. The molecule has 1 unspecified atom stereocenters.